The SMILES string of the molecule is Cc1ccc(-c2cc(C(=N)N)c(=O)[nH]n2)cc1C. The van der Waals surface area contributed by atoms with Crippen molar-refractivity contribution in [3.63, 3.8) is 0 Å². The number of nitrogens with one attached hydrogen (secondary N) is 2. The van der Waals surface area contributed by atoms with Crippen molar-refractivity contribution in [1.82, 2.24) is 10.2 Å². The maximum Gasteiger partial charge on any atom is 0.275 e. The van der Waals surface area contributed by atoms with E-state index in [-0.39, 0.29) is 11.4 Å². The molecule has 2 aromatic rings. The lowest BCUT2D eigenvalue weighted by atomic mass is 10.0. The summed E-state index contributed by atoms with van der Waals surface area (Å²) < 4.78 is 0. The Balaban J connectivity index is 2.57. The van der Waals surface area contributed by atoms with Crippen molar-refractivity contribution in [2.45, 2.75) is 13.8 Å². The Morgan fingerprint density at radius 3 is 2.61 bits per heavy atom. The summed E-state index contributed by atoms with van der Waals surface area (Å²) in [6.07, 6.45) is 0. The molecule has 0 saturated heterocycles. The Hall–Kier alpha value is -2.43. The first-order chi connectivity index (χ1) is 8.49. The van der Waals surface area contributed by atoms with E-state index in [0.29, 0.717) is 5.69 Å². The molecule has 5 heteroatoms. The van der Waals surface area contributed by atoms with Crippen LogP contribution in [-0.4, -0.2) is 16.0 Å². The molecule has 0 unspecified atom stereocenters. The van der Waals surface area contributed by atoms with E-state index < -0.39 is 5.56 Å². The molecule has 1 aromatic carbocycles. The summed E-state index contributed by atoms with van der Waals surface area (Å²) in [5.41, 5.74) is 8.86. The smallest absolute Gasteiger partial charge is 0.275 e. The quantitative estimate of drug-likeness (QED) is 0.547. The standard InChI is InChI=1S/C13H14N4O/c1-7-3-4-9(5-8(7)2)11-6-10(12(14)15)13(18)17-16-11/h3-6H,1-2H3,(H3,14,15)(H,17,18). The normalized spacial score (nSPS) is 10.3. The highest BCUT2D eigenvalue weighted by molar-refractivity contribution is 5.95. The molecule has 0 aliphatic rings. The molecule has 0 fully saturated rings. The number of hydrogen-bond acceptors (Lipinski definition) is 3. The fourth-order valence-electron chi connectivity index (χ4n) is 1.65. The van der Waals surface area contributed by atoms with Gasteiger partial charge in [-0.15, -0.1) is 0 Å². The molecule has 18 heavy (non-hydrogen) atoms. The van der Waals surface area contributed by atoms with Crippen molar-refractivity contribution in [1.29, 1.82) is 5.41 Å². The van der Waals surface area contributed by atoms with E-state index in [1.807, 2.05) is 32.0 Å². The van der Waals surface area contributed by atoms with Crippen LogP contribution >= 0.6 is 0 Å². The van der Waals surface area contributed by atoms with E-state index >= 15 is 0 Å². The average molecular weight is 242 g/mol. The Morgan fingerprint density at radius 1 is 1.28 bits per heavy atom. The molecular weight excluding hydrogens is 228 g/mol. The molecule has 92 valence electrons. The Bertz CT molecular complexity index is 673. The van der Waals surface area contributed by atoms with Crippen LogP contribution in [0.25, 0.3) is 11.3 Å². The molecule has 2 rings (SSSR count). The molecule has 5 nitrogen and oxygen atoms in total. The molecule has 4 N–H and O–H groups in total. The number of hydrogen-bond donors (Lipinski definition) is 3. The predicted octanol–water partition coefficient (Wildman–Crippen LogP) is 1.34. The van der Waals surface area contributed by atoms with Crippen molar-refractivity contribution < 1.29 is 0 Å². The van der Waals surface area contributed by atoms with Gasteiger partial charge in [0.2, 0.25) is 0 Å². The Kier molecular flexibility index (Phi) is 2.97. The lowest BCUT2D eigenvalue weighted by molar-refractivity contribution is 0.988. The second kappa shape index (κ2) is 4.44. The molecule has 0 radical (unpaired) electrons. The maximum absolute atomic E-state index is 11.4. The zero-order valence-corrected chi connectivity index (χ0v) is 10.2. The summed E-state index contributed by atoms with van der Waals surface area (Å²) >= 11 is 0. The second-order valence-corrected chi connectivity index (χ2v) is 4.21. The van der Waals surface area contributed by atoms with Gasteiger partial charge in [-0.25, -0.2) is 5.10 Å². The molecule has 0 saturated carbocycles. The summed E-state index contributed by atoms with van der Waals surface area (Å²) in [5, 5.41) is 13.7. The first kappa shape index (κ1) is 12.0. The summed E-state index contributed by atoms with van der Waals surface area (Å²) in [6, 6.07) is 7.43. The number of amidine groups is 1. The monoisotopic (exact) mass is 242 g/mol. The number of nitrogens with two attached hydrogens (primary N) is 1. The van der Waals surface area contributed by atoms with Gasteiger partial charge in [0.05, 0.1) is 11.3 Å². The van der Waals surface area contributed by atoms with Crippen LogP contribution in [0.5, 0.6) is 0 Å². The second-order valence-electron chi connectivity index (χ2n) is 4.21. The highest BCUT2D eigenvalue weighted by atomic mass is 16.1. The van der Waals surface area contributed by atoms with Crippen LogP contribution in [0, 0.1) is 19.3 Å². The van der Waals surface area contributed by atoms with E-state index in [9.17, 15) is 4.79 Å². The Labute approximate surface area is 104 Å². The Morgan fingerprint density at radius 2 is 2.00 bits per heavy atom. The van der Waals surface area contributed by atoms with E-state index in [1.54, 1.807) is 0 Å². The molecule has 0 aliphatic heterocycles. The molecule has 1 aromatic heterocycles. The van der Waals surface area contributed by atoms with Gasteiger partial charge in [0.15, 0.2) is 0 Å². The highest BCUT2D eigenvalue weighted by Gasteiger charge is 2.08. The number of nitrogens with zero attached hydrogens (tertiary/aromatic N) is 1. The average Bonchev–Trinajstić information content (AvgIpc) is 2.33. The fourth-order valence-corrected chi connectivity index (χ4v) is 1.65. The lowest BCUT2D eigenvalue weighted by Crippen LogP contribution is -2.24. The van der Waals surface area contributed by atoms with Crippen molar-refractivity contribution >= 4 is 5.84 Å². The minimum absolute atomic E-state index is 0.137. The first-order valence-electron chi connectivity index (χ1n) is 5.51. The highest BCUT2D eigenvalue weighted by Crippen LogP contribution is 2.19. The van der Waals surface area contributed by atoms with E-state index in [0.717, 1.165) is 11.1 Å². The predicted molar refractivity (Wildman–Crippen MR) is 70.8 cm³/mol. The molecule has 0 amide bonds. The topological polar surface area (TPSA) is 95.6 Å². The van der Waals surface area contributed by atoms with Crippen LogP contribution in [0.4, 0.5) is 0 Å². The number of nitrogen functional groups attached to an aromatic ring is 1. The van der Waals surface area contributed by atoms with Gasteiger partial charge in [-0.05, 0) is 37.1 Å². The van der Waals surface area contributed by atoms with Gasteiger partial charge in [-0.2, -0.15) is 5.10 Å². The van der Waals surface area contributed by atoms with Gasteiger partial charge >= 0.3 is 0 Å². The van der Waals surface area contributed by atoms with Gasteiger partial charge in [-0.3, -0.25) is 10.2 Å². The minimum atomic E-state index is -0.449. The third-order valence-electron chi connectivity index (χ3n) is 2.90. The number of H-pyrrole nitrogens is 1. The lowest BCUT2D eigenvalue weighted by Gasteiger charge is -2.05. The number of aromatic nitrogens is 2. The summed E-state index contributed by atoms with van der Waals surface area (Å²) in [6.45, 7) is 4.04. The van der Waals surface area contributed by atoms with E-state index in [2.05, 4.69) is 10.2 Å². The van der Waals surface area contributed by atoms with Crippen molar-refractivity contribution in [3.05, 3.63) is 51.3 Å². The van der Waals surface area contributed by atoms with Gasteiger partial charge in [0, 0.05) is 5.56 Å². The summed E-state index contributed by atoms with van der Waals surface area (Å²) in [7, 11) is 0. The van der Waals surface area contributed by atoms with Crippen LogP contribution in [0.2, 0.25) is 0 Å². The van der Waals surface area contributed by atoms with E-state index in [4.69, 9.17) is 11.1 Å². The van der Waals surface area contributed by atoms with Gasteiger partial charge in [-0.1, -0.05) is 12.1 Å². The third-order valence-corrected chi connectivity index (χ3v) is 2.90. The molecule has 0 bridgehead atoms. The van der Waals surface area contributed by atoms with Gasteiger partial charge in [0.25, 0.3) is 5.56 Å². The summed E-state index contributed by atoms with van der Waals surface area (Å²) in [4.78, 5) is 11.4. The largest absolute Gasteiger partial charge is 0.384 e. The third kappa shape index (κ3) is 2.15. The zero-order chi connectivity index (χ0) is 13.3. The zero-order valence-electron chi connectivity index (χ0n) is 10.2. The maximum atomic E-state index is 11.4. The number of benzene rings is 1. The number of aryl methyl sites for hydroxylation is 2. The van der Waals surface area contributed by atoms with Crippen LogP contribution < -0.4 is 11.3 Å². The van der Waals surface area contributed by atoms with Gasteiger partial charge < -0.3 is 5.73 Å². The molecule has 0 spiro atoms. The molecule has 1 heterocycles. The number of rotatable bonds is 2. The molecule has 0 aliphatic carbocycles. The van der Waals surface area contributed by atoms with Crippen molar-refractivity contribution in [2.75, 3.05) is 0 Å². The van der Waals surface area contributed by atoms with Crippen LogP contribution in [0.1, 0.15) is 16.7 Å². The van der Waals surface area contributed by atoms with Crippen molar-refractivity contribution in [2.24, 2.45) is 5.73 Å². The van der Waals surface area contributed by atoms with Crippen molar-refractivity contribution in [3.8, 4) is 11.3 Å². The number of aromatic amines is 1. The van der Waals surface area contributed by atoms with Gasteiger partial charge in [0.1, 0.15) is 5.84 Å². The fraction of sp³-hybridized carbons (Fsp3) is 0.154. The van der Waals surface area contributed by atoms with Crippen LogP contribution in [0.15, 0.2) is 29.1 Å². The van der Waals surface area contributed by atoms with E-state index in [1.165, 1.54) is 11.6 Å². The summed E-state index contributed by atoms with van der Waals surface area (Å²) in [5.74, 6) is -0.260. The van der Waals surface area contributed by atoms with Crippen LogP contribution in [0.3, 0.4) is 0 Å². The molecule has 0 atom stereocenters. The molecular formula is C13H14N4O. The first-order valence-corrected chi connectivity index (χ1v) is 5.51. The van der Waals surface area contributed by atoms with Crippen LogP contribution in [-0.2, 0) is 0 Å². The minimum Gasteiger partial charge on any atom is -0.384 e.